The van der Waals surface area contributed by atoms with E-state index < -0.39 is 0 Å². The summed E-state index contributed by atoms with van der Waals surface area (Å²) in [5.74, 6) is 0.725. The minimum atomic E-state index is 0.0555. The number of rotatable bonds is 4. The normalized spacial score (nSPS) is 24.4. The maximum atomic E-state index is 11.5. The lowest BCUT2D eigenvalue weighted by Crippen LogP contribution is -2.36. The van der Waals surface area contributed by atoms with Crippen molar-refractivity contribution in [2.45, 2.75) is 59.4 Å². The Bertz CT molecular complexity index is 496. The first-order valence-electron chi connectivity index (χ1n) is 8.06. The SMILES string of the molecule is CCC(=O)Nc1cccc(NC2CCC(C)(C)CC2C)c1. The molecule has 0 radical (unpaired) electrons. The van der Waals surface area contributed by atoms with Gasteiger partial charge in [-0.25, -0.2) is 0 Å². The number of nitrogens with one attached hydrogen (secondary N) is 2. The zero-order valence-corrected chi connectivity index (χ0v) is 13.7. The number of anilines is 2. The highest BCUT2D eigenvalue weighted by atomic mass is 16.1. The van der Waals surface area contributed by atoms with Crippen molar-refractivity contribution in [3.63, 3.8) is 0 Å². The van der Waals surface area contributed by atoms with E-state index in [1.54, 1.807) is 0 Å². The third kappa shape index (κ3) is 4.48. The molecule has 0 bridgehead atoms. The van der Waals surface area contributed by atoms with Crippen molar-refractivity contribution in [1.82, 2.24) is 0 Å². The van der Waals surface area contributed by atoms with Crippen LogP contribution < -0.4 is 10.6 Å². The van der Waals surface area contributed by atoms with Gasteiger partial charge in [0.25, 0.3) is 0 Å². The van der Waals surface area contributed by atoms with Gasteiger partial charge in [0, 0.05) is 23.8 Å². The van der Waals surface area contributed by atoms with Crippen LogP contribution >= 0.6 is 0 Å². The standard InChI is InChI=1S/C18H28N2O/c1-5-17(21)20-15-8-6-7-14(11-15)19-16-9-10-18(3,4)12-13(16)2/h6-8,11,13,16,19H,5,9-10,12H2,1-4H3,(H,20,21). The maximum Gasteiger partial charge on any atom is 0.224 e. The molecule has 2 rings (SSSR count). The highest BCUT2D eigenvalue weighted by molar-refractivity contribution is 5.90. The molecule has 1 fully saturated rings. The predicted octanol–water partition coefficient (Wildman–Crippen LogP) is 4.66. The number of benzene rings is 1. The first kappa shape index (κ1) is 15.9. The topological polar surface area (TPSA) is 41.1 Å². The molecule has 3 heteroatoms. The fraction of sp³-hybridized carbons (Fsp3) is 0.611. The van der Waals surface area contributed by atoms with Crippen LogP contribution in [0.1, 0.15) is 53.4 Å². The predicted molar refractivity (Wildman–Crippen MR) is 89.6 cm³/mol. The molecule has 116 valence electrons. The Kier molecular flexibility index (Phi) is 4.92. The second-order valence-electron chi connectivity index (χ2n) is 7.12. The smallest absolute Gasteiger partial charge is 0.224 e. The van der Waals surface area contributed by atoms with E-state index in [9.17, 15) is 4.79 Å². The zero-order valence-electron chi connectivity index (χ0n) is 13.7. The van der Waals surface area contributed by atoms with Crippen molar-refractivity contribution < 1.29 is 4.79 Å². The molecule has 1 saturated carbocycles. The van der Waals surface area contributed by atoms with Crippen LogP contribution in [-0.4, -0.2) is 11.9 Å². The van der Waals surface area contributed by atoms with Crippen LogP contribution in [0.3, 0.4) is 0 Å². The van der Waals surface area contributed by atoms with Gasteiger partial charge in [0.2, 0.25) is 5.91 Å². The molecule has 1 amide bonds. The Balaban J connectivity index is 2.00. The maximum absolute atomic E-state index is 11.5. The molecule has 0 heterocycles. The molecular formula is C18H28N2O. The van der Waals surface area contributed by atoms with Gasteiger partial charge in [-0.1, -0.05) is 33.8 Å². The van der Waals surface area contributed by atoms with Crippen molar-refractivity contribution in [2.24, 2.45) is 11.3 Å². The molecular weight excluding hydrogens is 260 g/mol. The number of carbonyl (C=O) groups is 1. The second-order valence-corrected chi connectivity index (χ2v) is 7.12. The van der Waals surface area contributed by atoms with E-state index in [4.69, 9.17) is 0 Å². The molecule has 2 atom stereocenters. The van der Waals surface area contributed by atoms with Crippen molar-refractivity contribution >= 4 is 17.3 Å². The summed E-state index contributed by atoms with van der Waals surface area (Å²) in [6.07, 6.45) is 4.24. The summed E-state index contributed by atoms with van der Waals surface area (Å²) in [4.78, 5) is 11.5. The van der Waals surface area contributed by atoms with E-state index in [1.165, 1.54) is 19.3 Å². The zero-order chi connectivity index (χ0) is 15.5. The van der Waals surface area contributed by atoms with Crippen LogP contribution in [0, 0.1) is 11.3 Å². The third-order valence-electron chi connectivity index (χ3n) is 4.51. The second kappa shape index (κ2) is 6.50. The summed E-state index contributed by atoms with van der Waals surface area (Å²) in [6, 6.07) is 8.56. The summed E-state index contributed by atoms with van der Waals surface area (Å²) >= 11 is 0. The number of hydrogen-bond donors (Lipinski definition) is 2. The summed E-state index contributed by atoms with van der Waals surface area (Å²) in [5, 5.41) is 6.56. The summed E-state index contributed by atoms with van der Waals surface area (Å²) in [6.45, 7) is 8.92. The van der Waals surface area contributed by atoms with Gasteiger partial charge in [-0.3, -0.25) is 4.79 Å². The van der Waals surface area contributed by atoms with Crippen molar-refractivity contribution in [3.05, 3.63) is 24.3 Å². The molecule has 0 spiro atoms. The van der Waals surface area contributed by atoms with E-state index in [1.807, 2.05) is 25.1 Å². The van der Waals surface area contributed by atoms with Gasteiger partial charge in [-0.15, -0.1) is 0 Å². The lowest BCUT2D eigenvalue weighted by atomic mass is 9.70. The molecule has 1 aliphatic rings. The van der Waals surface area contributed by atoms with Crippen molar-refractivity contribution in [2.75, 3.05) is 10.6 Å². The van der Waals surface area contributed by atoms with Crippen molar-refractivity contribution in [1.29, 1.82) is 0 Å². The molecule has 2 N–H and O–H groups in total. The van der Waals surface area contributed by atoms with Gasteiger partial charge in [0.15, 0.2) is 0 Å². The number of hydrogen-bond acceptors (Lipinski definition) is 2. The fourth-order valence-electron chi connectivity index (χ4n) is 3.31. The number of carbonyl (C=O) groups excluding carboxylic acids is 1. The summed E-state index contributed by atoms with van der Waals surface area (Å²) in [5.41, 5.74) is 2.44. The van der Waals surface area contributed by atoms with Crippen LogP contribution in [0.2, 0.25) is 0 Å². The molecule has 1 aromatic carbocycles. The first-order chi connectivity index (χ1) is 9.89. The minimum absolute atomic E-state index is 0.0555. The fourth-order valence-corrected chi connectivity index (χ4v) is 3.31. The lowest BCUT2D eigenvalue weighted by molar-refractivity contribution is -0.115. The Labute approximate surface area is 128 Å². The molecule has 0 aliphatic heterocycles. The van der Waals surface area contributed by atoms with Gasteiger partial charge < -0.3 is 10.6 Å². The monoisotopic (exact) mass is 288 g/mol. The molecule has 0 saturated heterocycles. The van der Waals surface area contributed by atoms with Gasteiger partial charge >= 0.3 is 0 Å². The van der Waals surface area contributed by atoms with E-state index in [0.29, 0.717) is 23.8 Å². The molecule has 21 heavy (non-hydrogen) atoms. The molecule has 3 nitrogen and oxygen atoms in total. The molecule has 0 aromatic heterocycles. The summed E-state index contributed by atoms with van der Waals surface area (Å²) in [7, 11) is 0. The molecule has 1 aromatic rings. The Morgan fingerprint density at radius 3 is 2.71 bits per heavy atom. The molecule has 2 unspecified atom stereocenters. The van der Waals surface area contributed by atoms with Crippen LogP contribution in [-0.2, 0) is 4.79 Å². The van der Waals surface area contributed by atoms with Crippen LogP contribution in [0.5, 0.6) is 0 Å². The van der Waals surface area contributed by atoms with E-state index >= 15 is 0 Å². The highest BCUT2D eigenvalue weighted by Gasteiger charge is 2.32. The van der Waals surface area contributed by atoms with Crippen LogP contribution in [0.25, 0.3) is 0 Å². The Morgan fingerprint density at radius 2 is 2.05 bits per heavy atom. The Hall–Kier alpha value is -1.51. The lowest BCUT2D eigenvalue weighted by Gasteiger charge is -2.40. The van der Waals surface area contributed by atoms with Crippen LogP contribution in [0.4, 0.5) is 11.4 Å². The summed E-state index contributed by atoms with van der Waals surface area (Å²) < 4.78 is 0. The number of amides is 1. The van der Waals surface area contributed by atoms with Gasteiger partial charge in [-0.2, -0.15) is 0 Å². The van der Waals surface area contributed by atoms with E-state index in [-0.39, 0.29) is 5.91 Å². The molecule has 1 aliphatic carbocycles. The largest absolute Gasteiger partial charge is 0.382 e. The van der Waals surface area contributed by atoms with E-state index in [0.717, 1.165) is 11.4 Å². The first-order valence-corrected chi connectivity index (χ1v) is 8.06. The quantitative estimate of drug-likeness (QED) is 0.846. The van der Waals surface area contributed by atoms with Gasteiger partial charge in [-0.05, 0) is 48.8 Å². The highest BCUT2D eigenvalue weighted by Crippen LogP contribution is 2.39. The van der Waals surface area contributed by atoms with Crippen molar-refractivity contribution in [3.8, 4) is 0 Å². The van der Waals surface area contributed by atoms with E-state index in [2.05, 4.69) is 37.5 Å². The third-order valence-corrected chi connectivity index (χ3v) is 4.51. The van der Waals surface area contributed by atoms with Gasteiger partial charge in [0.05, 0.1) is 0 Å². The average Bonchev–Trinajstić information content (AvgIpc) is 2.42. The minimum Gasteiger partial charge on any atom is -0.382 e. The Morgan fingerprint density at radius 1 is 1.33 bits per heavy atom. The van der Waals surface area contributed by atoms with Gasteiger partial charge in [0.1, 0.15) is 0 Å². The average molecular weight is 288 g/mol. The van der Waals surface area contributed by atoms with Crippen LogP contribution in [0.15, 0.2) is 24.3 Å².